The van der Waals surface area contributed by atoms with E-state index in [1.165, 1.54) is 13.2 Å². The molecular weight excluding hydrogens is 358 g/mol. The molecule has 1 aliphatic carbocycles. The molecule has 0 radical (unpaired) electrons. The lowest BCUT2D eigenvalue weighted by Gasteiger charge is -2.52. The summed E-state index contributed by atoms with van der Waals surface area (Å²) in [5.74, 6) is -3.44. The molecule has 1 spiro atoms. The molecule has 2 fully saturated rings. The van der Waals surface area contributed by atoms with Gasteiger partial charge < -0.3 is 21.1 Å². The highest BCUT2D eigenvalue weighted by Gasteiger charge is 2.57. The zero-order valence-electron chi connectivity index (χ0n) is 15.4. The van der Waals surface area contributed by atoms with Crippen molar-refractivity contribution in [1.29, 1.82) is 0 Å². The van der Waals surface area contributed by atoms with Crippen LogP contribution in [-0.4, -0.2) is 42.5 Å². The van der Waals surface area contributed by atoms with Gasteiger partial charge in [-0.15, -0.1) is 0 Å². The number of ether oxygens (including phenoxy) is 1. The Morgan fingerprint density at radius 3 is 2.70 bits per heavy atom. The van der Waals surface area contributed by atoms with E-state index in [-0.39, 0.29) is 30.0 Å². The fraction of sp³-hybridized carbons (Fsp3) is 0.611. The van der Waals surface area contributed by atoms with Crippen LogP contribution in [0.3, 0.4) is 0 Å². The molecule has 1 saturated heterocycles. The fourth-order valence-corrected chi connectivity index (χ4v) is 4.07. The van der Waals surface area contributed by atoms with E-state index in [0.29, 0.717) is 30.8 Å². The maximum atomic E-state index is 13.5. The number of anilines is 1. The van der Waals surface area contributed by atoms with E-state index in [4.69, 9.17) is 10.5 Å². The molecule has 9 heteroatoms. The molecule has 0 aromatic carbocycles. The van der Waals surface area contributed by atoms with Crippen molar-refractivity contribution in [3.05, 3.63) is 23.4 Å². The van der Waals surface area contributed by atoms with Crippen molar-refractivity contribution in [1.82, 2.24) is 10.3 Å². The average Bonchev–Trinajstić information content (AvgIpc) is 2.59. The highest BCUT2D eigenvalue weighted by molar-refractivity contribution is 5.88. The second kappa shape index (κ2) is 7.03. The third-order valence-electron chi connectivity index (χ3n) is 5.43. The van der Waals surface area contributed by atoms with Crippen LogP contribution in [0.15, 0.2) is 12.1 Å². The van der Waals surface area contributed by atoms with Gasteiger partial charge in [-0.1, -0.05) is 6.07 Å². The number of nitrogens with one attached hydrogen (secondary N) is 2. The van der Waals surface area contributed by atoms with Crippen LogP contribution >= 0.6 is 0 Å². The molecule has 1 aromatic rings. The summed E-state index contributed by atoms with van der Waals surface area (Å²) >= 11 is 0. The number of carbonyl (C=O) groups is 2. The Kier molecular flexibility index (Phi) is 5.07. The minimum atomic E-state index is -2.59. The summed E-state index contributed by atoms with van der Waals surface area (Å²) in [7, 11) is 1.25. The molecule has 1 saturated carbocycles. The number of hydrogen-bond donors (Lipinski definition) is 3. The standard InChI is InChI=1S/C18H24F2N4O3/c1-10(14(21)25)23-15-11(3-4-12(24-15)16(26)27-2)13-7-17(5-6-22-13)8-18(19,20)9-17/h3-4,10,13,22H,5-9H2,1-2H3,(H2,21,25)(H,23,24). The van der Waals surface area contributed by atoms with E-state index in [2.05, 4.69) is 15.6 Å². The number of carbonyl (C=O) groups excluding carboxylic acids is 2. The summed E-state index contributed by atoms with van der Waals surface area (Å²) in [6, 6.07) is 2.31. The lowest BCUT2D eigenvalue weighted by atomic mass is 9.59. The number of methoxy groups -OCH3 is 1. The Balaban J connectivity index is 1.88. The molecule has 2 heterocycles. The third kappa shape index (κ3) is 4.02. The molecule has 7 nitrogen and oxygen atoms in total. The molecule has 2 unspecified atom stereocenters. The Bertz CT molecular complexity index is 748. The van der Waals surface area contributed by atoms with Crippen LogP contribution in [0.4, 0.5) is 14.6 Å². The summed E-state index contributed by atoms with van der Waals surface area (Å²) in [4.78, 5) is 27.5. The molecular formula is C18H24F2N4O3. The molecule has 2 aliphatic rings. The Morgan fingerprint density at radius 2 is 2.11 bits per heavy atom. The van der Waals surface area contributed by atoms with Crippen LogP contribution in [0.25, 0.3) is 0 Å². The van der Waals surface area contributed by atoms with Crippen molar-refractivity contribution in [3.8, 4) is 0 Å². The Labute approximate surface area is 156 Å². The Morgan fingerprint density at radius 1 is 1.41 bits per heavy atom. The highest BCUT2D eigenvalue weighted by atomic mass is 19.3. The monoisotopic (exact) mass is 382 g/mol. The molecule has 4 N–H and O–H groups in total. The van der Waals surface area contributed by atoms with Crippen molar-refractivity contribution in [2.24, 2.45) is 11.1 Å². The van der Waals surface area contributed by atoms with Gasteiger partial charge in [0.2, 0.25) is 11.8 Å². The fourth-order valence-electron chi connectivity index (χ4n) is 4.07. The average molecular weight is 382 g/mol. The van der Waals surface area contributed by atoms with E-state index < -0.39 is 23.8 Å². The first kappa shape index (κ1) is 19.5. The van der Waals surface area contributed by atoms with Crippen molar-refractivity contribution < 1.29 is 23.1 Å². The molecule has 1 aromatic heterocycles. The van der Waals surface area contributed by atoms with Gasteiger partial charge in [0.15, 0.2) is 5.69 Å². The number of pyridine rings is 1. The van der Waals surface area contributed by atoms with Crippen LogP contribution in [0, 0.1) is 5.41 Å². The van der Waals surface area contributed by atoms with Crippen molar-refractivity contribution in [2.45, 2.75) is 50.6 Å². The van der Waals surface area contributed by atoms with Crippen molar-refractivity contribution in [3.63, 3.8) is 0 Å². The molecule has 1 aliphatic heterocycles. The number of nitrogens with two attached hydrogens (primary N) is 1. The normalized spacial score (nSPS) is 23.9. The quantitative estimate of drug-likeness (QED) is 0.673. The van der Waals surface area contributed by atoms with E-state index in [1.54, 1.807) is 13.0 Å². The SMILES string of the molecule is COC(=O)c1ccc(C2CC3(CCN2)CC(F)(F)C3)c(NC(C)C(N)=O)n1. The molecule has 2 atom stereocenters. The predicted molar refractivity (Wildman–Crippen MR) is 94.4 cm³/mol. The summed E-state index contributed by atoms with van der Waals surface area (Å²) < 4.78 is 31.6. The number of rotatable bonds is 5. The number of alkyl halides is 2. The van der Waals surface area contributed by atoms with Gasteiger partial charge in [-0.3, -0.25) is 4.79 Å². The smallest absolute Gasteiger partial charge is 0.356 e. The number of piperidine rings is 1. The summed E-state index contributed by atoms with van der Waals surface area (Å²) in [6.07, 6.45) is 1.04. The van der Waals surface area contributed by atoms with E-state index in [1.807, 2.05) is 0 Å². The van der Waals surface area contributed by atoms with Gasteiger partial charge in [-0.2, -0.15) is 0 Å². The lowest BCUT2D eigenvalue weighted by molar-refractivity contribution is -0.174. The van der Waals surface area contributed by atoms with Crippen LogP contribution in [-0.2, 0) is 9.53 Å². The number of halogens is 2. The largest absolute Gasteiger partial charge is 0.464 e. The highest BCUT2D eigenvalue weighted by Crippen LogP contribution is 2.59. The van der Waals surface area contributed by atoms with E-state index >= 15 is 0 Å². The van der Waals surface area contributed by atoms with E-state index in [0.717, 1.165) is 0 Å². The van der Waals surface area contributed by atoms with Gasteiger partial charge >= 0.3 is 5.97 Å². The molecule has 1 amide bonds. The van der Waals surface area contributed by atoms with Crippen LogP contribution < -0.4 is 16.4 Å². The number of primary amides is 1. The van der Waals surface area contributed by atoms with E-state index in [9.17, 15) is 18.4 Å². The number of nitrogens with zero attached hydrogens (tertiary/aromatic N) is 1. The lowest BCUT2D eigenvalue weighted by Crippen LogP contribution is -2.52. The van der Waals surface area contributed by atoms with Crippen LogP contribution in [0.2, 0.25) is 0 Å². The molecule has 3 rings (SSSR count). The first-order valence-corrected chi connectivity index (χ1v) is 8.91. The van der Waals surface area contributed by atoms with Gasteiger partial charge in [0.05, 0.1) is 7.11 Å². The summed E-state index contributed by atoms with van der Waals surface area (Å²) in [5.41, 5.74) is 5.74. The summed E-state index contributed by atoms with van der Waals surface area (Å²) in [5, 5.41) is 6.26. The van der Waals surface area contributed by atoms with Gasteiger partial charge in [-0.05, 0) is 37.8 Å². The number of esters is 1. The molecule has 148 valence electrons. The van der Waals surface area contributed by atoms with Gasteiger partial charge in [0.25, 0.3) is 0 Å². The number of hydrogen-bond acceptors (Lipinski definition) is 6. The van der Waals surface area contributed by atoms with Gasteiger partial charge in [0.1, 0.15) is 11.9 Å². The third-order valence-corrected chi connectivity index (χ3v) is 5.43. The zero-order chi connectivity index (χ0) is 19.8. The topological polar surface area (TPSA) is 106 Å². The summed E-state index contributed by atoms with van der Waals surface area (Å²) in [6.45, 7) is 2.20. The van der Waals surface area contributed by atoms with Crippen LogP contribution in [0.5, 0.6) is 0 Å². The molecule has 27 heavy (non-hydrogen) atoms. The minimum absolute atomic E-state index is 0.0844. The van der Waals surface area contributed by atoms with Crippen molar-refractivity contribution in [2.75, 3.05) is 19.0 Å². The second-order valence-electron chi connectivity index (χ2n) is 7.56. The first-order chi connectivity index (χ1) is 12.6. The number of amides is 1. The Hall–Kier alpha value is -2.29. The second-order valence-corrected chi connectivity index (χ2v) is 7.56. The van der Waals surface area contributed by atoms with Gasteiger partial charge in [0, 0.05) is 24.4 Å². The van der Waals surface area contributed by atoms with Crippen LogP contribution in [0.1, 0.15) is 54.7 Å². The predicted octanol–water partition coefficient (Wildman–Crippen LogP) is 1.99. The zero-order valence-corrected chi connectivity index (χ0v) is 15.4. The first-order valence-electron chi connectivity index (χ1n) is 8.91. The molecule has 0 bridgehead atoms. The van der Waals surface area contributed by atoms with Gasteiger partial charge in [-0.25, -0.2) is 18.6 Å². The maximum Gasteiger partial charge on any atom is 0.356 e. The minimum Gasteiger partial charge on any atom is -0.464 e. The number of aromatic nitrogens is 1. The maximum absolute atomic E-state index is 13.5. The van der Waals surface area contributed by atoms with Crippen molar-refractivity contribution >= 4 is 17.7 Å².